The molecule has 0 atom stereocenters. The van der Waals surface area contributed by atoms with Crippen molar-refractivity contribution < 1.29 is 0 Å². The van der Waals surface area contributed by atoms with Crippen LogP contribution in [0.4, 0.5) is 0 Å². The Morgan fingerprint density at radius 2 is 1.88 bits per heavy atom. The zero-order valence-corrected chi connectivity index (χ0v) is 11.3. The van der Waals surface area contributed by atoms with Gasteiger partial charge in [0, 0.05) is 25.2 Å². The highest BCUT2D eigenvalue weighted by atomic mass is 15.1. The summed E-state index contributed by atoms with van der Waals surface area (Å²) < 4.78 is 0. The fourth-order valence-corrected chi connectivity index (χ4v) is 2.49. The molecule has 0 aromatic heterocycles. The lowest BCUT2D eigenvalue weighted by molar-refractivity contribution is 0.165. The van der Waals surface area contributed by atoms with Crippen molar-refractivity contribution in [3.05, 3.63) is 34.9 Å². The predicted octanol–water partition coefficient (Wildman–Crippen LogP) is 2.62. The van der Waals surface area contributed by atoms with Crippen molar-refractivity contribution in [2.24, 2.45) is 5.73 Å². The van der Waals surface area contributed by atoms with Crippen molar-refractivity contribution in [1.29, 1.82) is 0 Å². The van der Waals surface area contributed by atoms with Crippen molar-refractivity contribution in [2.45, 2.75) is 45.7 Å². The molecule has 2 N–H and O–H groups in total. The highest BCUT2D eigenvalue weighted by Crippen LogP contribution is 2.21. The molecule has 0 amide bonds. The molecule has 0 spiro atoms. The molecule has 94 valence electrons. The number of piperidine rings is 1. The lowest BCUT2D eigenvalue weighted by atomic mass is 9.90. The smallest absolute Gasteiger partial charge is 0.0236 e. The zero-order valence-electron chi connectivity index (χ0n) is 11.3. The first-order chi connectivity index (χ1) is 7.96. The number of rotatable bonds is 2. The van der Waals surface area contributed by atoms with Crippen molar-refractivity contribution in [3.63, 3.8) is 0 Å². The van der Waals surface area contributed by atoms with Crippen LogP contribution >= 0.6 is 0 Å². The zero-order chi connectivity index (χ0) is 12.5. The maximum Gasteiger partial charge on any atom is 0.0236 e. The second kappa shape index (κ2) is 4.79. The molecule has 1 saturated heterocycles. The lowest BCUT2D eigenvalue weighted by Crippen LogP contribution is -2.47. The molecule has 1 fully saturated rings. The Morgan fingerprint density at radius 3 is 2.47 bits per heavy atom. The molecule has 1 aromatic rings. The first kappa shape index (κ1) is 12.6. The second-order valence-electron chi connectivity index (χ2n) is 5.86. The van der Waals surface area contributed by atoms with Crippen LogP contribution < -0.4 is 5.73 Å². The molecule has 0 saturated carbocycles. The van der Waals surface area contributed by atoms with Crippen molar-refractivity contribution >= 4 is 0 Å². The van der Waals surface area contributed by atoms with E-state index in [0.717, 1.165) is 32.5 Å². The number of nitrogens with two attached hydrogens (primary N) is 1. The van der Waals surface area contributed by atoms with E-state index in [1.54, 1.807) is 0 Å². The van der Waals surface area contributed by atoms with Gasteiger partial charge in [-0.05, 0) is 44.7 Å². The average Bonchev–Trinajstić information content (AvgIpc) is 2.25. The van der Waals surface area contributed by atoms with Crippen LogP contribution in [-0.2, 0) is 6.54 Å². The van der Waals surface area contributed by atoms with Gasteiger partial charge in [-0.3, -0.25) is 4.90 Å². The van der Waals surface area contributed by atoms with E-state index in [4.69, 9.17) is 5.73 Å². The van der Waals surface area contributed by atoms with Crippen LogP contribution in [-0.4, -0.2) is 23.5 Å². The molecule has 0 aliphatic carbocycles. The van der Waals surface area contributed by atoms with E-state index in [2.05, 4.69) is 43.9 Å². The third kappa shape index (κ3) is 3.30. The molecule has 1 aromatic carbocycles. The highest BCUT2D eigenvalue weighted by molar-refractivity contribution is 5.30. The minimum absolute atomic E-state index is 0.0544. The molecule has 2 rings (SSSR count). The van der Waals surface area contributed by atoms with Gasteiger partial charge < -0.3 is 5.73 Å². The van der Waals surface area contributed by atoms with Gasteiger partial charge in [0.1, 0.15) is 0 Å². The quantitative estimate of drug-likeness (QED) is 0.849. The molecule has 1 aliphatic heterocycles. The number of nitrogens with zero attached hydrogens (tertiary/aromatic N) is 1. The predicted molar refractivity (Wildman–Crippen MR) is 73.0 cm³/mol. The lowest BCUT2D eigenvalue weighted by Gasteiger charge is -2.37. The molecular formula is C15H24N2. The van der Waals surface area contributed by atoms with E-state index >= 15 is 0 Å². The van der Waals surface area contributed by atoms with E-state index in [1.165, 1.54) is 16.7 Å². The molecule has 1 heterocycles. The normalized spacial score (nSPS) is 20.5. The molecular weight excluding hydrogens is 208 g/mol. The Balaban J connectivity index is 1.98. The van der Waals surface area contributed by atoms with Gasteiger partial charge in [-0.15, -0.1) is 0 Å². The molecule has 0 radical (unpaired) electrons. The monoisotopic (exact) mass is 232 g/mol. The molecule has 2 nitrogen and oxygen atoms in total. The number of aryl methyl sites for hydroxylation is 2. The van der Waals surface area contributed by atoms with Crippen molar-refractivity contribution in [2.75, 3.05) is 13.1 Å². The number of hydrogen-bond acceptors (Lipinski definition) is 2. The van der Waals surface area contributed by atoms with Gasteiger partial charge in [-0.2, -0.15) is 0 Å². The third-order valence-electron chi connectivity index (χ3n) is 3.89. The minimum atomic E-state index is 0.0544. The molecule has 2 heteroatoms. The topological polar surface area (TPSA) is 29.3 Å². The Kier molecular flexibility index (Phi) is 3.55. The van der Waals surface area contributed by atoms with Gasteiger partial charge in [0.05, 0.1) is 0 Å². The van der Waals surface area contributed by atoms with Gasteiger partial charge in [0.25, 0.3) is 0 Å². The first-order valence-electron chi connectivity index (χ1n) is 6.54. The number of hydrogen-bond donors (Lipinski definition) is 1. The average molecular weight is 232 g/mol. The van der Waals surface area contributed by atoms with Crippen LogP contribution in [0.2, 0.25) is 0 Å². The van der Waals surface area contributed by atoms with Gasteiger partial charge in [-0.25, -0.2) is 0 Å². The summed E-state index contributed by atoms with van der Waals surface area (Å²) in [5, 5.41) is 0. The van der Waals surface area contributed by atoms with Gasteiger partial charge in [-0.1, -0.05) is 23.8 Å². The van der Waals surface area contributed by atoms with E-state index in [9.17, 15) is 0 Å². The summed E-state index contributed by atoms with van der Waals surface area (Å²) in [6, 6.07) is 6.74. The third-order valence-corrected chi connectivity index (χ3v) is 3.89. The Bertz CT molecular complexity index is 386. The Morgan fingerprint density at radius 1 is 1.24 bits per heavy atom. The summed E-state index contributed by atoms with van der Waals surface area (Å²) in [7, 11) is 0. The Labute approximate surface area is 105 Å². The molecule has 0 unspecified atom stereocenters. The van der Waals surface area contributed by atoms with E-state index in [0.29, 0.717) is 0 Å². The molecule has 17 heavy (non-hydrogen) atoms. The summed E-state index contributed by atoms with van der Waals surface area (Å²) in [6.45, 7) is 9.85. The standard InChI is InChI=1S/C15H24N2/c1-12-4-5-14(13(2)10-12)11-17-8-6-15(3,16)7-9-17/h4-5,10H,6-9,11,16H2,1-3H3. The van der Waals surface area contributed by atoms with Crippen LogP contribution in [0.1, 0.15) is 36.5 Å². The largest absolute Gasteiger partial charge is 0.325 e. The minimum Gasteiger partial charge on any atom is -0.325 e. The summed E-state index contributed by atoms with van der Waals surface area (Å²) in [5.41, 5.74) is 10.4. The number of benzene rings is 1. The van der Waals surface area contributed by atoms with Crippen LogP contribution in [0, 0.1) is 13.8 Å². The summed E-state index contributed by atoms with van der Waals surface area (Å²) in [5.74, 6) is 0. The van der Waals surface area contributed by atoms with E-state index in [1.807, 2.05) is 0 Å². The second-order valence-corrected chi connectivity index (χ2v) is 5.86. The fraction of sp³-hybridized carbons (Fsp3) is 0.600. The van der Waals surface area contributed by atoms with Gasteiger partial charge >= 0.3 is 0 Å². The SMILES string of the molecule is Cc1ccc(CN2CCC(C)(N)CC2)c(C)c1. The molecule has 1 aliphatic rings. The van der Waals surface area contributed by atoms with Crippen LogP contribution in [0.3, 0.4) is 0 Å². The van der Waals surface area contributed by atoms with Crippen LogP contribution in [0.15, 0.2) is 18.2 Å². The maximum absolute atomic E-state index is 6.16. The van der Waals surface area contributed by atoms with Gasteiger partial charge in [0.15, 0.2) is 0 Å². The summed E-state index contributed by atoms with van der Waals surface area (Å²) in [6.07, 6.45) is 2.22. The maximum atomic E-state index is 6.16. The molecule has 0 bridgehead atoms. The van der Waals surface area contributed by atoms with Crippen LogP contribution in [0.5, 0.6) is 0 Å². The number of likely N-dealkylation sites (tertiary alicyclic amines) is 1. The van der Waals surface area contributed by atoms with Crippen molar-refractivity contribution in [1.82, 2.24) is 4.90 Å². The summed E-state index contributed by atoms with van der Waals surface area (Å²) >= 11 is 0. The first-order valence-corrected chi connectivity index (χ1v) is 6.54. The summed E-state index contributed by atoms with van der Waals surface area (Å²) in [4.78, 5) is 2.52. The van der Waals surface area contributed by atoms with E-state index < -0.39 is 0 Å². The van der Waals surface area contributed by atoms with Gasteiger partial charge in [0.2, 0.25) is 0 Å². The van der Waals surface area contributed by atoms with Crippen LogP contribution in [0.25, 0.3) is 0 Å². The van der Waals surface area contributed by atoms with E-state index in [-0.39, 0.29) is 5.54 Å². The van der Waals surface area contributed by atoms with Crippen molar-refractivity contribution in [3.8, 4) is 0 Å². The Hall–Kier alpha value is -0.860. The fourth-order valence-electron chi connectivity index (χ4n) is 2.49. The highest BCUT2D eigenvalue weighted by Gasteiger charge is 2.25.